The number of hydrogen-bond donors (Lipinski definition) is 6. The lowest BCUT2D eigenvalue weighted by Gasteiger charge is -2.41. The van der Waals surface area contributed by atoms with Crippen molar-refractivity contribution in [2.75, 3.05) is 13.1 Å². The maximum Gasteiger partial charge on any atom is 0.472 e. The fraction of sp³-hybridized carbons (Fsp3) is 0.909. The number of hydrogen-bond acceptors (Lipinski definition) is 12. The molecule has 1 saturated carbocycles. The number of allylic oxidation sites excluding steroid dienone is 2. The van der Waals surface area contributed by atoms with Crippen molar-refractivity contribution in [1.82, 2.24) is 0 Å². The molecule has 58 heavy (non-hydrogen) atoms. The smallest absolute Gasteiger partial charge is 0.462 e. The Balaban J connectivity index is 2.84. The third-order valence-corrected chi connectivity index (χ3v) is 11.3. The minimum Gasteiger partial charge on any atom is -0.462 e. The molecule has 1 rings (SSSR count). The second-order valence-electron chi connectivity index (χ2n) is 15.7. The van der Waals surface area contributed by atoms with Crippen molar-refractivity contribution < 1.29 is 70.0 Å². The standard InChI is InChI=1S/C44H83O13P/c1-3-5-7-9-11-13-15-17-19-21-23-25-27-29-31-33-38(46)56-36(35-55-58(52,53)57-44-42(50)40(48)39(47)41(49)43(44)51)34-54-37(45)32-30-28-26-24-22-20-18-16-14-12-10-8-6-4-2/h17,19,36,39-44,47-51H,3-16,18,20-35H2,1-2H3,(H,52,53)/b19-17-/t36-,39?,40-,41+,42-,43-,44?/m1/s1/i34D2,35D2,36D. The van der Waals surface area contributed by atoms with Gasteiger partial charge in [0.1, 0.15) is 43.2 Å². The van der Waals surface area contributed by atoms with Gasteiger partial charge in [-0.2, -0.15) is 0 Å². The van der Waals surface area contributed by atoms with Crippen molar-refractivity contribution in [2.24, 2.45) is 0 Å². The van der Waals surface area contributed by atoms with E-state index in [0.29, 0.717) is 12.8 Å². The average Bonchev–Trinajstić information content (AvgIpc) is 3.21. The van der Waals surface area contributed by atoms with Crippen LogP contribution in [0, 0.1) is 0 Å². The number of rotatable bonds is 38. The highest BCUT2D eigenvalue weighted by atomic mass is 31.2. The molecule has 0 bridgehead atoms. The Hall–Kier alpha value is -1.41. The zero-order valence-electron chi connectivity index (χ0n) is 40.6. The molecule has 6 N–H and O–H groups in total. The molecule has 13 nitrogen and oxygen atoms in total. The van der Waals surface area contributed by atoms with E-state index in [1.807, 2.05) is 0 Å². The molecule has 0 saturated heterocycles. The fourth-order valence-electron chi connectivity index (χ4n) is 6.78. The van der Waals surface area contributed by atoms with Crippen LogP contribution in [0.1, 0.15) is 207 Å². The van der Waals surface area contributed by atoms with Gasteiger partial charge in [0.15, 0.2) is 6.08 Å². The Labute approximate surface area is 357 Å². The van der Waals surface area contributed by atoms with Crippen LogP contribution < -0.4 is 0 Å². The van der Waals surface area contributed by atoms with Crippen molar-refractivity contribution in [2.45, 2.75) is 243 Å². The molecule has 1 fully saturated rings. The van der Waals surface area contributed by atoms with Crippen LogP contribution in [0.2, 0.25) is 0 Å². The van der Waals surface area contributed by atoms with Gasteiger partial charge in [0, 0.05) is 12.8 Å². The van der Waals surface area contributed by atoms with Crippen molar-refractivity contribution >= 4 is 19.8 Å². The first-order chi connectivity index (χ1) is 29.8. The minimum absolute atomic E-state index is 0.212. The zero-order valence-corrected chi connectivity index (χ0v) is 36.5. The molecule has 8 atom stereocenters. The van der Waals surface area contributed by atoms with Crippen LogP contribution in [0.4, 0.5) is 0 Å². The van der Waals surface area contributed by atoms with Crippen LogP contribution in [0.25, 0.3) is 0 Å². The maximum absolute atomic E-state index is 13.1. The number of aliphatic hydroxyl groups excluding tert-OH is 5. The lowest BCUT2D eigenvalue weighted by Crippen LogP contribution is -2.64. The number of unbranched alkanes of at least 4 members (excludes halogenated alkanes) is 24. The number of ether oxygens (including phenoxy) is 2. The lowest BCUT2D eigenvalue weighted by molar-refractivity contribution is -0.220. The molecular formula is C44H83O13P. The SMILES string of the molecule is [2H]C([2H])(OC(=O)CCCCCCCCCCCCCCCC)[C@@]([2H])(OC(=O)CCCCCCC/C=C\CCCCCCCC)C([2H])([2H])OP(=O)(O)OC1[C@H](O)[C@H](O)C(O)[C@H](O)[C@H]1O. The molecule has 0 aromatic carbocycles. The van der Waals surface area contributed by atoms with Crippen molar-refractivity contribution in [3.63, 3.8) is 0 Å². The van der Waals surface area contributed by atoms with Gasteiger partial charge in [-0.1, -0.05) is 161 Å². The molecule has 0 radical (unpaired) electrons. The summed E-state index contributed by atoms with van der Waals surface area (Å²) in [5, 5.41) is 50.4. The molecule has 1 aliphatic rings. The lowest BCUT2D eigenvalue weighted by atomic mass is 9.85. The maximum atomic E-state index is 13.1. The molecule has 0 heterocycles. The number of phosphoric acid groups is 1. The van der Waals surface area contributed by atoms with E-state index in [4.69, 9.17) is 16.3 Å². The van der Waals surface area contributed by atoms with Gasteiger partial charge in [-0.05, 0) is 38.5 Å². The first kappa shape index (κ1) is 46.1. The topological polar surface area (TPSA) is 210 Å². The van der Waals surface area contributed by atoms with E-state index in [1.54, 1.807) is 0 Å². The summed E-state index contributed by atoms with van der Waals surface area (Å²) in [5.74, 6) is -2.49. The van der Waals surface area contributed by atoms with Gasteiger partial charge in [-0.15, -0.1) is 0 Å². The number of aliphatic hydroxyl groups is 5. The summed E-state index contributed by atoms with van der Waals surface area (Å²) < 4.78 is 74.9. The molecule has 0 aliphatic heterocycles. The van der Waals surface area contributed by atoms with E-state index in [0.717, 1.165) is 57.8 Å². The fourth-order valence-corrected chi connectivity index (χ4v) is 7.58. The predicted octanol–water partition coefficient (Wildman–Crippen LogP) is 8.67. The van der Waals surface area contributed by atoms with Crippen LogP contribution in [0.15, 0.2) is 12.2 Å². The van der Waals surface area contributed by atoms with Crippen molar-refractivity contribution in [3.8, 4) is 0 Å². The normalized spacial score (nSPS) is 24.9. The van der Waals surface area contributed by atoms with Gasteiger partial charge in [0.2, 0.25) is 0 Å². The van der Waals surface area contributed by atoms with Crippen molar-refractivity contribution in [1.29, 1.82) is 0 Å². The van der Waals surface area contributed by atoms with E-state index in [9.17, 15) is 44.6 Å². The number of esters is 2. The van der Waals surface area contributed by atoms with E-state index >= 15 is 0 Å². The average molecular weight is 856 g/mol. The Bertz CT molecular complexity index is 1300. The quantitative estimate of drug-likeness (QED) is 0.0149. The third kappa shape index (κ3) is 27.4. The van der Waals surface area contributed by atoms with E-state index in [2.05, 4.69) is 35.0 Å². The van der Waals surface area contributed by atoms with Gasteiger partial charge in [-0.3, -0.25) is 18.6 Å². The summed E-state index contributed by atoms with van der Waals surface area (Å²) in [6.07, 6.45) is 13.7. The van der Waals surface area contributed by atoms with Crippen LogP contribution >= 0.6 is 7.82 Å². The summed E-state index contributed by atoms with van der Waals surface area (Å²) >= 11 is 0. The highest BCUT2D eigenvalue weighted by Gasteiger charge is 2.51. The summed E-state index contributed by atoms with van der Waals surface area (Å²) in [5.41, 5.74) is 0. The summed E-state index contributed by atoms with van der Waals surface area (Å²) in [6, 6.07) is 0. The highest BCUT2D eigenvalue weighted by Crippen LogP contribution is 2.47. The zero-order chi connectivity index (χ0) is 47.4. The molecule has 0 amide bonds. The first-order valence-corrected chi connectivity index (χ1v) is 24.0. The van der Waals surface area contributed by atoms with Crippen LogP contribution in [0.5, 0.6) is 0 Å². The first-order valence-electron chi connectivity index (χ1n) is 25.0. The monoisotopic (exact) mass is 856 g/mol. The molecule has 342 valence electrons. The second kappa shape index (κ2) is 35.2. The molecule has 0 aromatic heterocycles. The van der Waals surface area contributed by atoms with Crippen molar-refractivity contribution in [3.05, 3.63) is 12.2 Å². The molecule has 0 aromatic rings. The predicted molar refractivity (Wildman–Crippen MR) is 226 cm³/mol. The van der Waals surface area contributed by atoms with E-state index < -0.39 is 82.0 Å². The molecule has 1 aliphatic carbocycles. The molecular weight excluding hydrogens is 767 g/mol. The minimum atomic E-state index is -5.99. The largest absolute Gasteiger partial charge is 0.472 e. The van der Waals surface area contributed by atoms with Crippen LogP contribution in [-0.2, 0) is 32.7 Å². The van der Waals surface area contributed by atoms with Gasteiger partial charge in [0.25, 0.3) is 0 Å². The summed E-state index contributed by atoms with van der Waals surface area (Å²) in [7, 11) is -5.99. The number of carbonyl (C=O) groups is 2. The number of carbonyl (C=O) groups excluding carboxylic acids is 2. The van der Waals surface area contributed by atoms with Gasteiger partial charge in [0.05, 0.1) is 13.4 Å². The van der Waals surface area contributed by atoms with E-state index in [1.165, 1.54) is 89.9 Å². The van der Waals surface area contributed by atoms with Gasteiger partial charge in [-0.25, -0.2) is 4.57 Å². The molecule has 0 spiro atoms. The third-order valence-electron chi connectivity index (χ3n) is 10.4. The van der Waals surface area contributed by atoms with Gasteiger partial charge < -0.3 is 39.9 Å². The Morgan fingerprint density at radius 3 is 1.36 bits per heavy atom. The highest BCUT2D eigenvalue weighted by molar-refractivity contribution is 7.47. The van der Waals surface area contributed by atoms with Crippen LogP contribution in [-0.4, -0.2) is 98.2 Å². The Morgan fingerprint density at radius 1 is 0.569 bits per heavy atom. The second-order valence-corrected chi connectivity index (χ2v) is 17.1. The van der Waals surface area contributed by atoms with E-state index in [-0.39, 0.29) is 19.3 Å². The Morgan fingerprint density at radius 2 is 0.931 bits per heavy atom. The molecule has 14 heteroatoms. The number of phosphoric ester groups is 1. The molecule has 3 unspecified atom stereocenters. The van der Waals surface area contributed by atoms with Gasteiger partial charge >= 0.3 is 19.8 Å². The van der Waals surface area contributed by atoms with Crippen LogP contribution in [0.3, 0.4) is 0 Å². The Kier molecular flexibility index (Phi) is 28.0. The summed E-state index contributed by atoms with van der Waals surface area (Å²) in [6.45, 7) is -3.58. The summed E-state index contributed by atoms with van der Waals surface area (Å²) in [4.78, 5) is 36.5.